The van der Waals surface area contributed by atoms with E-state index in [1.54, 1.807) is 10.7 Å². The average molecular weight is 302 g/mol. The second kappa shape index (κ2) is 5.04. The lowest BCUT2D eigenvalue weighted by Gasteiger charge is -2.05. The zero-order valence-electron chi connectivity index (χ0n) is 10.4. The predicted octanol–water partition coefficient (Wildman–Crippen LogP) is 3.22. The summed E-state index contributed by atoms with van der Waals surface area (Å²) < 4.78 is 1.55. The number of hydrogen-bond donors (Lipinski definition) is 0. The molecule has 0 saturated heterocycles. The second-order valence-corrected chi connectivity index (χ2v) is 5.31. The third-order valence-corrected chi connectivity index (χ3v) is 3.96. The first-order valence-corrected chi connectivity index (χ1v) is 6.99. The van der Waals surface area contributed by atoms with Crippen LogP contribution >= 0.6 is 22.9 Å². The number of aromatic nitrogens is 4. The van der Waals surface area contributed by atoms with Crippen LogP contribution in [0.1, 0.15) is 11.4 Å². The summed E-state index contributed by atoms with van der Waals surface area (Å²) >= 11 is 7.65. The Morgan fingerprint density at radius 1 is 1.35 bits per heavy atom. The van der Waals surface area contributed by atoms with Gasteiger partial charge in [0.2, 0.25) is 5.13 Å². The summed E-state index contributed by atoms with van der Waals surface area (Å²) in [5.74, 6) is 0. The number of rotatable bonds is 2. The summed E-state index contributed by atoms with van der Waals surface area (Å²) in [6, 6.07) is 9.33. The summed E-state index contributed by atoms with van der Waals surface area (Å²) in [5, 5.41) is 20.2. The molecule has 0 saturated carbocycles. The van der Waals surface area contributed by atoms with Gasteiger partial charge in [0, 0.05) is 10.9 Å². The quantitative estimate of drug-likeness (QED) is 0.729. The molecule has 0 aliphatic heterocycles. The number of nitriles is 1. The van der Waals surface area contributed by atoms with E-state index in [9.17, 15) is 5.26 Å². The molecule has 0 aliphatic rings. The van der Waals surface area contributed by atoms with Crippen molar-refractivity contribution < 1.29 is 0 Å². The van der Waals surface area contributed by atoms with E-state index in [2.05, 4.69) is 15.3 Å². The van der Waals surface area contributed by atoms with Gasteiger partial charge in [-0.2, -0.15) is 9.94 Å². The summed E-state index contributed by atoms with van der Waals surface area (Å²) in [4.78, 5) is 4.37. The smallest absolute Gasteiger partial charge is 0.212 e. The minimum absolute atomic E-state index is 0.228. The van der Waals surface area contributed by atoms with E-state index in [1.165, 1.54) is 11.3 Å². The van der Waals surface area contributed by atoms with E-state index in [-0.39, 0.29) is 5.69 Å². The molecule has 3 rings (SSSR count). The molecule has 98 valence electrons. The molecule has 20 heavy (non-hydrogen) atoms. The van der Waals surface area contributed by atoms with Gasteiger partial charge in [-0.25, -0.2) is 4.98 Å². The first-order valence-electron chi connectivity index (χ1n) is 5.74. The molecule has 0 N–H and O–H groups in total. The molecular formula is C13H8ClN5S. The van der Waals surface area contributed by atoms with Crippen LogP contribution in [0.2, 0.25) is 5.02 Å². The van der Waals surface area contributed by atoms with Crippen molar-refractivity contribution in [3.8, 4) is 22.5 Å². The maximum Gasteiger partial charge on any atom is 0.212 e. The first kappa shape index (κ1) is 12.8. The summed E-state index contributed by atoms with van der Waals surface area (Å²) in [6.45, 7) is 1.90. The third kappa shape index (κ3) is 2.07. The summed E-state index contributed by atoms with van der Waals surface area (Å²) in [6.07, 6.45) is 0. The van der Waals surface area contributed by atoms with Crippen molar-refractivity contribution in [1.82, 2.24) is 20.0 Å². The lowest BCUT2D eigenvalue weighted by Crippen LogP contribution is -1.99. The average Bonchev–Trinajstić information content (AvgIpc) is 3.05. The number of thiazole rings is 1. The van der Waals surface area contributed by atoms with E-state index < -0.39 is 0 Å². The minimum atomic E-state index is 0.228. The fourth-order valence-electron chi connectivity index (χ4n) is 1.82. The number of benzene rings is 1. The van der Waals surface area contributed by atoms with Crippen LogP contribution in [0.3, 0.4) is 0 Å². The lowest BCUT2D eigenvalue weighted by atomic mass is 10.1. The monoisotopic (exact) mass is 301 g/mol. The van der Waals surface area contributed by atoms with E-state index in [1.807, 2.05) is 36.6 Å². The van der Waals surface area contributed by atoms with Crippen molar-refractivity contribution >= 4 is 22.9 Å². The zero-order valence-corrected chi connectivity index (χ0v) is 12.0. The number of hydrogen-bond acceptors (Lipinski definition) is 5. The SMILES string of the molecule is Cc1csc(-n2nnc(C#N)c2-c2ccccc2Cl)n1. The van der Waals surface area contributed by atoms with Crippen molar-refractivity contribution in [2.75, 3.05) is 0 Å². The van der Waals surface area contributed by atoms with Crippen molar-refractivity contribution in [1.29, 1.82) is 5.26 Å². The molecule has 0 unspecified atom stereocenters. The number of nitrogens with zero attached hydrogens (tertiary/aromatic N) is 5. The Morgan fingerprint density at radius 2 is 2.15 bits per heavy atom. The lowest BCUT2D eigenvalue weighted by molar-refractivity contribution is 0.798. The van der Waals surface area contributed by atoms with Crippen molar-refractivity contribution in [3.63, 3.8) is 0 Å². The molecule has 5 nitrogen and oxygen atoms in total. The van der Waals surface area contributed by atoms with Gasteiger partial charge in [0.1, 0.15) is 11.8 Å². The minimum Gasteiger partial charge on any atom is -0.224 e. The Kier molecular flexibility index (Phi) is 3.22. The highest BCUT2D eigenvalue weighted by atomic mass is 35.5. The van der Waals surface area contributed by atoms with Crippen LogP contribution in [-0.4, -0.2) is 20.0 Å². The predicted molar refractivity (Wildman–Crippen MR) is 76.9 cm³/mol. The Labute approximate surface area is 124 Å². The van der Waals surface area contributed by atoms with Gasteiger partial charge in [-0.1, -0.05) is 35.0 Å². The molecule has 0 atom stereocenters. The van der Waals surface area contributed by atoms with Crippen LogP contribution in [0.15, 0.2) is 29.6 Å². The summed E-state index contributed by atoms with van der Waals surface area (Å²) in [5.41, 5.74) is 2.39. The highest BCUT2D eigenvalue weighted by molar-refractivity contribution is 7.12. The van der Waals surface area contributed by atoms with Crippen LogP contribution in [0.5, 0.6) is 0 Å². The highest BCUT2D eigenvalue weighted by Gasteiger charge is 2.19. The Morgan fingerprint density at radius 3 is 2.80 bits per heavy atom. The Hall–Kier alpha value is -2.23. The topological polar surface area (TPSA) is 67.4 Å². The molecule has 0 spiro atoms. The molecule has 0 radical (unpaired) electrons. The van der Waals surface area contributed by atoms with Crippen LogP contribution < -0.4 is 0 Å². The Bertz CT molecular complexity index is 814. The van der Waals surface area contributed by atoms with Crippen LogP contribution in [0.4, 0.5) is 0 Å². The molecule has 7 heteroatoms. The van der Waals surface area contributed by atoms with Gasteiger partial charge >= 0.3 is 0 Å². The van der Waals surface area contributed by atoms with Crippen molar-refractivity contribution in [3.05, 3.63) is 46.1 Å². The highest BCUT2D eigenvalue weighted by Crippen LogP contribution is 2.31. The van der Waals surface area contributed by atoms with E-state index in [0.717, 1.165) is 5.69 Å². The van der Waals surface area contributed by atoms with Gasteiger partial charge in [-0.3, -0.25) is 0 Å². The molecule has 1 aromatic carbocycles. The van der Waals surface area contributed by atoms with Gasteiger partial charge in [-0.15, -0.1) is 16.4 Å². The van der Waals surface area contributed by atoms with E-state index in [0.29, 0.717) is 21.4 Å². The van der Waals surface area contributed by atoms with Gasteiger partial charge in [0.25, 0.3) is 0 Å². The second-order valence-electron chi connectivity index (χ2n) is 4.06. The molecule has 0 fully saturated rings. The maximum absolute atomic E-state index is 9.21. The number of aryl methyl sites for hydroxylation is 1. The maximum atomic E-state index is 9.21. The third-order valence-electron chi connectivity index (χ3n) is 2.69. The fraction of sp³-hybridized carbons (Fsp3) is 0.0769. The van der Waals surface area contributed by atoms with Gasteiger partial charge in [0.15, 0.2) is 5.69 Å². The Balaban J connectivity index is 2.27. The van der Waals surface area contributed by atoms with Gasteiger partial charge in [-0.05, 0) is 13.0 Å². The van der Waals surface area contributed by atoms with Crippen molar-refractivity contribution in [2.24, 2.45) is 0 Å². The zero-order chi connectivity index (χ0) is 14.1. The normalized spacial score (nSPS) is 10.4. The van der Waals surface area contributed by atoms with Crippen LogP contribution in [0.25, 0.3) is 16.4 Å². The standard InChI is InChI=1S/C13H8ClN5S/c1-8-7-20-13(16-8)19-12(11(6-15)17-18-19)9-4-2-3-5-10(9)14/h2-5,7H,1H3. The van der Waals surface area contributed by atoms with E-state index >= 15 is 0 Å². The van der Waals surface area contributed by atoms with Crippen LogP contribution in [-0.2, 0) is 0 Å². The molecule has 0 aliphatic carbocycles. The molecule has 0 amide bonds. The first-order chi connectivity index (χ1) is 9.70. The number of halogens is 1. The van der Waals surface area contributed by atoms with Crippen molar-refractivity contribution in [2.45, 2.75) is 6.92 Å². The fourth-order valence-corrected chi connectivity index (χ4v) is 2.80. The molecular weight excluding hydrogens is 294 g/mol. The molecule has 2 heterocycles. The van der Waals surface area contributed by atoms with Gasteiger partial charge in [0.05, 0.1) is 10.7 Å². The van der Waals surface area contributed by atoms with Gasteiger partial charge < -0.3 is 0 Å². The van der Waals surface area contributed by atoms with Crippen LogP contribution in [0, 0.1) is 18.3 Å². The molecule has 2 aromatic heterocycles. The largest absolute Gasteiger partial charge is 0.224 e. The summed E-state index contributed by atoms with van der Waals surface area (Å²) in [7, 11) is 0. The molecule has 3 aromatic rings. The molecule has 0 bridgehead atoms. The van der Waals surface area contributed by atoms with E-state index in [4.69, 9.17) is 11.6 Å².